The van der Waals surface area contributed by atoms with Gasteiger partial charge in [0.05, 0.1) is 13.0 Å². The van der Waals surface area contributed by atoms with Gasteiger partial charge in [-0.25, -0.2) is 0 Å². The van der Waals surface area contributed by atoms with Crippen molar-refractivity contribution < 1.29 is 33.2 Å². The molecule has 1 aliphatic rings. The number of thiophene rings is 1. The Morgan fingerprint density at radius 1 is 1.78 bits per heavy atom. The number of nitrogens with zero attached hydrogens (tertiary/aromatic N) is 2. The number of nitrogens with one attached hydrogen (secondary N) is 1. The standard InChI is InChI=1S/C20H29N3O3S/c1-13(2)23-15-7-11-27-18(15)17(24)16(20(23)26)19(25)21-8-5-10-22-9-4-6-14(3)12-22/h7,11,13-14,24H,4-6,8-10,12H2,1-3H3,(H,21,25)/i1D3,4D2,6D2,8D2,9D2,11D,12D2,13D,14D/hD. The van der Waals surface area contributed by atoms with Crippen molar-refractivity contribution in [1.82, 2.24) is 14.8 Å². The summed E-state index contributed by atoms with van der Waals surface area (Å²) in [6, 6.07) is -1.80. The molecule has 3 rings (SSSR count). The molecule has 0 aromatic carbocycles. The summed E-state index contributed by atoms with van der Waals surface area (Å²) in [6.07, 6.45) is -8.06. The van der Waals surface area contributed by atoms with Crippen LogP contribution in [0.5, 0.6) is 5.75 Å². The third kappa shape index (κ3) is 4.19. The summed E-state index contributed by atoms with van der Waals surface area (Å²) in [7, 11) is 0. The van der Waals surface area contributed by atoms with Crippen LogP contribution < -0.4 is 10.9 Å². The van der Waals surface area contributed by atoms with E-state index in [0.717, 1.165) is 13.0 Å². The van der Waals surface area contributed by atoms with E-state index in [9.17, 15) is 14.7 Å². The molecule has 2 aromatic rings. The molecule has 6 nitrogen and oxygen atoms in total. The van der Waals surface area contributed by atoms with Crippen LogP contribution in [0.2, 0.25) is 1.41 Å². The van der Waals surface area contributed by atoms with E-state index in [1.54, 1.807) is 0 Å². The van der Waals surface area contributed by atoms with Crippen molar-refractivity contribution in [2.75, 3.05) is 26.0 Å². The fourth-order valence-electron chi connectivity index (χ4n) is 2.46. The van der Waals surface area contributed by atoms with Crippen molar-refractivity contribution in [3.63, 3.8) is 0 Å². The fraction of sp³-hybridized carbons (Fsp3) is 0.600. The number of aromatic nitrogens is 1. The Bertz CT molecular complexity index is 1520. The Morgan fingerprint density at radius 3 is 3.37 bits per heavy atom. The number of piperidine rings is 1. The fourth-order valence-corrected chi connectivity index (χ4v) is 3.21. The maximum Gasteiger partial charge on any atom is 0.268 e. The van der Waals surface area contributed by atoms with Crippen LogP contribution in [0.25, 0.3) is 10.2 Å². The number of carbonyl (C=O) groups is 1. The zero-order valence-corrected chi connectivity index (χ0v) is 15.3. The lowest BCUT2D eigenvalue weighted by Crippen LogP contribution is -2.37. The summed E-state index contributed by atoms with van der Waals surface area (Å²) < 4.78 is 138. The second kappa shape index (κ2) is 8.44. The van der Waals surface area contributed by atoms with Crippen LogP contribution in [0, 0.1) is 5.89 Å². The second-order valence-corrected chi connectivity index (χ2v) is 6.45. The first-order valence-electron chi connectivity index (χ1n) is 16.3. The van der Waals surface area contributed by atoms with Gasteiger partial charge in [0.15, 0.2) is 7.16 Å². The van der Waals surface area contributed by atoms with Gasteiger partial charge in [-0.1, -0.05) is 6.92 Å². The highest BCUT2D eigenvalue weighted by atomic mass is 32.1. The lowest BCUT2D eigenvalue weighted by molar-refractivity contribution is 0.0945. The Labute approximate surface area is 187 Å². The molecule has 0 saturated carbocycles. The van der Waals surface area contributed by atoms with Crippen LogP contribution in [0.1, 0.15) is 78.2 Å². The number of carbonyl (C=O) groups excluding carboxylic acids is 1. The van der Waals surface area contributed by atoms with Gasteiger partial charge in [-0.2, -0.15) is 0 Å². The van der Waals surface area contributed by atoms with Gasteiger partial charge in [-0.15, -0.1) is 11.3 Å². The van der Waals surface area contributed by atoms with E-state index in [1.165, 1.54) is 0 Å². The first-order chi connectivity index (χ1) is 19.4. The smallest absolute Gasteiger partial charge is 0.268 e. The monoisotopic (exact) mass is 408 g/mol. The zero-order chi connectivity index (χ0) is 34.6. The average molecular weight is 409 g/mol. The molecule has 0 aliphatic carbocycles. The molecular weight excluding hydrogens is 362 g/mol. The van der Waals surface area contributed by atoms with Crippen molar-refractivity contribution in [2.24, 2.45) is 5.89 Å². The highest BCUT2D eigenvalue weighted by molar-refractivity contribution is 7.17. The molecule has 0 bridgehead atoms. The van der Waals surface area contributed by atoms with Gasteiger partial charge in [0.25, 0.3) is 11.5 Å². The van der Waals surface area contributed by atoms with Gasteiger partial charge < -0.3 is 19.9 Å². The SMILES string of the molecule is [2H]c1cc2c(s1)c(O)c(C(=O)N([2H])C([2H])([2H])CCN1C([2H])([2H])C([2H])([2H])C([2H])([2H])C([2H])(C)C1([2H])[2H])c(=O)n2C([2H])(C)C([2H])([2H])[2H]. The Kier molecular flexibility index (Phi) is 2.35. The van der Waals surface area contributed by atoms with Crippen LogP contribution in [0.3, 0.4) is 0 Å². The van der Waals surface area contributed by atoms with Crippen LogP contribution >= 0.6 is 11.3 Å². The van der Waals surface area contributed by atoms with E-state index in [2.05, 4.69) is 0 Å². The van der Waals surface area contributed by atoms with E-state index >= 15 is 0 Å². The molecule has 1 amide bonds. The van der Waals surface area contributed by atoms with Gasteiger partial charge in [-0.3, -0.25) is 9.59 Å². The Morgan fingerprint density at radius 2 is 2.59 bits per heavy atom. The van der Waals surface area contributed by atoms with Crippen molar-refractivity contribution >= 4 is 27.5 Å². The summed E-state index contributed by atoms with van der Waals surface area (Å²) in [5, 5.41) is 10.1. The number of pyridine rings is 1. The number of rotatable bonds is 6. The number of aromatic hydroxyl groups is 1. The average Bonchev–Trinajstić information content (AvgIpc) is 3.22. The van der Waals surface area contributed by atoms with Gasteiger partial charge >= 0.3 is 0 Å². The van der Waals surface area contributed by atoms with Crippen LogP contribution in [0.15, 0.2) is 16.2 Å². The topological polar surface area (TPSA) is 74.6 Å². The number of hydrogen-bond acceptors (Lipinski definition) is 5. The molecule has 2 unspecified atom stereocenters. The molecule has 1 saturated heterocycles. The molecule has 27 heavy (non-hydrogen) atoms. The van der Waals surface area contributed by atoms with E-state index in [4.69, 9.17) is 23.3 Å². The third-order valence-corrected chi connectivity index (χ3v) is 4.46. The number of fused-ring (bicyclic) bond motifs is 1. The van der Waals surface area contributed by atoms with E-state index in [0.29, 0.717) is 22.8 Å². The summed E-state index contributed by atoms with van der Waals surface area (Å²) >= 11 is 0.497. The predicted octanol–water partition coefficient (Wildman–Crippen LogP) is 3.20. The molecule has 7 heteroatoms. The second-order valence-electron chi connectivity index (χ2n) is 5.60. The van der Waals surface area contributed by atoms with Crippen LogP contribution in [-0.4, -0.2) is 46.5 Å². The van der Waals surface area contributed by atoms with E-state index in [-0.39, 0.29) is 20.5 Å². The van der Waals surface area contributed by atoms with Crippen molar-refractivity contribution in [1.29, 1.82) is 0 Å². The highest BCUT2D eigenvalue weighted by Gasteiger charge is 2.24. The lowest BCUT2D eigenvalue weighted by atomic mass is 10.0. The minimum atomic E-state index is -3.51. The molecular formula is C20H29N3O3S. The summed E-state index contributed by atoms with van der Waals surface area (Å²) in [6.45, 7) is -12.8. The third-order valence-electron chi connectivity index (χ3n) is 3.62. The molecule has 1 fully saturated rings. The van der Waals surface area contributed by atoms with Gasteiger partial charge in [-0.05, 0) is 63.3 Å². The van der Waals surface area contributed by atoms with Crippen LogP contribution in [0.4, 0.5) is 0 Å². The first kappa shape index (κ1) is 7.52. The Hall–Kier alpha value is -1.86. The molecule has 0 spiro atoms. The highest BCUT2D eigenvalue weighted by Crippen LogP contribution is 2.32. The predicted molar refractivity (Wildman–Crippen MR) is 110 cm³/mol. The summed E-state index contributed by atoms with van der Waals surface area (Å²) in [4.78, 5) is 27.0. The minimum absolute atomic E-state index is 0.0876. The molecule has 1 aliphatic heterocycles. The largest absolute Gasteiger partial charge is 0.505 e. The minimum Gasteiger partial charge on any atom is -0.505 e. The van der Waals surface area contributed by atoms with E-state index < -0.39 is 92.1 Å². The van der Waals surface area contributed by atoms with Crippen molar-refractivity contribution in [2.45, 2.75) is 45.9 Å². The van der Waals surface area contributed by atoms with Crippen molar-refractivity contribution in [3.05, 3.63) is 27.3 Å². The molecule has 148 valence electrons. The zero-order valence-electron chi connectivity index (χ0n) is 31.5. The molecule has 2 aromatic heterocycles. The quantitative estimate of drug-likeness (QED) is 0.770. The molecule has 2 N–H and O–H groups in total. The number of likely N-dealkylation sites (tertiary alicyclic amines) is 1. The lowest BCUT2D eigenvalue weighted by Gasteiger charge is -2.30. The number of amides is 1. The summed E-state index contributed by atoms with van der Waals surface area (Å²) in [5.74, 6) is -5.91. The Balaban J connectivity index is 2.09. The van der Waals surface area contributed by atoms with Gasteiger partial charge in [0.1, 0.15) is 5.56 Å². The van der Waals surface area contributed by atoms with Gasteiger partial charge in [0, 0.05) is 38.2 Å². The first-order valence-corrected chi connectivity index (χ1v) is 8.67. The van der Waals surface area contributed by atoms with E-state index in [1.807, 2.05) is 0 Å². The number of hydrogen-bond donors (Lipinski definition) is 2. The van der Waals surface area contributed by atoms with Crippen LogP contribution in [-0.2, 0) is 0 Å². The van der Waals surface area contributed by atoms with Crippen molar-refractivity contribution in [3.8, 4) is 5.75 Å². The molecule has 2 atom stereocenters. The van der Waals surface area contributed by atoms with Gasteiger partial charge in [0.2, 0.25) is 0 Å². The summed E-state index contributed by atoms with van der Waals surface area (Å²) in [5.41, 5.74) is -3.29. The molecule has 3 heterocycles. The molecule has 0 radical (unpaired) electrons. The normalized spacial score (nSPS) is 40.9. The maximum atomic E-state index is 13.5. The maximum absolute atomic E-state index is 13.5.